The molecule has 0 N–H and O–H groups in total. The van der Waals surface area contributed by atoms with Crippen LogP contribution < -0.4 is 0 Å². The predicted octanol–water partition coefficient (Wildman–Crippen LogP) is 4.96. The number of carbonyl (C=O) groups is 2. The lowest BCUT2D eigenvalue weighted by atomic mass is 9.83. The summed E-state index contributed by atoms with van der Waals surface area (Å²) in [4.78, 5) is 32.4. The summed E-state index contributed by atoms with van der Waals surface area (Å²) >= 11 is 0. The van der Waals surface area contributed by atoms with Crippen LogP contribution in [0.25, 0.3) is 10.9 Å². The van der Waals surface area contributed by atoms with Crippen LogP contribution in [-0.2, 0) is 17.8 Å². The van der Waals surface area contributed by atoms with Crippen LogP contribution in [0.15, 0.2) is 41.0 Å². The van der Waals surface area contributed by atoms with Crippen LogP contribution in [0.4, 0.5) is 0 Å². The van der Waals surface area contributed by atoms with Gasteiger partial charge in [0.05, 0.1) is 18.8 Å². The van der Waals surface area contributed by atoms with Crippen molar-refractivity contribution in [1.82, 2.24) is 19.3 Å². The summed E-state index contributed by atoms with van der Waals surface area (Å²) in [6.07, 6.45) is 11.6. The highest BCUT2D eigenvalue weighted by molar-refractivity contribution is 5.91. The Kier molecular flexibility index (Phi) is 6.27. The van der Waals surface area contributed by atoms with Gasteiger partial charge in [0.1, 0.15) is 0 Å². The molecule has 0 radical (unpaired) electrons. The van der Waals surface area contributed by atoms with Gasteiger partial charge < -0.3 is 18.8 Å². The van der Waals surface area contributed by atoms with Crippen LogP contribution in [0.1, 0.15) is 84.3 Å². The molecule has 0 spiro atoms. The average molecular weight is 515 g/mol. The first-order valence-corrected chi connectivity index (χ1v) is 14.7. The summed E-state index contributed by atoms with van der Waals surface area (Å²) in [5.74, 6) is 1.26. The molecule has 4 heterocycles. The molecule has 1 saturated heterocycles. The van der Waals surface area contributed by atoms with Crippen molar-refractivity contribution in [3.8, 4) is 0 Å². The zero-order valence-corrected chi connectivity index (χ0v) is 22.2. The molecule has 7 nitrogen and oxygen atoms in total. The van der Waals surface area contributed by atoms with Gasteiger partial charge in [-0.3, -0.25) is 14.5 Å². The maximum absolute atomic E-state index is 13.6. The standard InChI is InChI=1S/C31H38N4O3/c36-29(21-32-13-15-33(16-14-32)31(37)28-10-5-19-38-28)34-17-18-35-26-12-11-23(22-6-2-1-3-7-22)20-25(26)24-8-4-9-27(34)30(24)35/h5,10-12,19-20,22,27H,1-4,6-9,13-18,21H2/t27-/m1/s1. The normalized spacial score (nSPS) is 22.6. The number of furan rings is 1. The lowest BCUT2D eigenvalue weighted by molar-refractivity contribution is -0.136. The number of fused-ring (bicyclic) bond motifs is 3. The van der Waals surface area contributed by atoms with E-state index >= 15 is 0 Å². The average Bonchev–Trinajstić information content (AvgIpc) is 3.62. The highest BCUT2D eigenvalue weighted by Crippen LogP contribution is 2.44. The largest absolute Gasteiger partial charge is 0.459 e. The van der Waals surface area contributed by atoms with Gasteiger partial charge in [0.25, 0.3) is 5.91 Å². The number of amides is 2. The fourth-order valence-electron chi connectivity index (χ4n) is 7.56. The number of rotatable bonds is 4. The Balaban J connectivity index is 1.06. The molecule has 2 amide bonds. The number of benzene rings is 1. The molecule has 2 aliphatic carbocycles. The minimum Gasteiger partial charge on any atom is -0.459 e. The van der Waals surface area contributed by atoms with Crippen LogP contribution >= 0.6 is 0 Å². The van der Waals surface area contributed by atoms with Gasteiger partial charge >= 0.3 is 0 Å². The Morgan fingerprint density at radius 1 is 0.895 bits per heavy atom. The van der Waals surface area contributed by atoms with Gasteiger partial charge in [0.15, 0.2) is 5.76 Å². The number of aryl methyl sites for hydroxylation is 1. The van der Waals surface area contributed by atoms with E-state index in [2.05, 4.69) is 32.6 Å². The van der Waals surface area contributed by atoms with Gasteiger partial charge in [-0.2, -0.15) is 0 Å². The van der Waals surface area contributed by atoms with Crippen LogP contribution in [0, 0.1) is 0 Å². The van der Waals surface area contributed by atoms with Crippen molar-refractivity contribution >= 4 is 22.7 Å². The van der Waals surface area contributed by atoms with Crippen molar-refractivity contribution in [3.63, 3.8) is 0 Å². The third-order valence-corrected chi connectivity index (χ3v) is 9.54. The van der Waals surface area contributed by atoms with Gasteiger partial charge in [-0.05, 0) is 73.4 Å². The van der Waals surface area contributed by atoms with Crippen molar-refractivity contribution in [2.75, 3.05) is 39.3 Å². The highest BCUT2D eigenvalue weighted by Gasteiger charge is 2.38. The fourth-order valence-corrected chi connectivity index (χ4v) is 7.56. The van der Waals surface area contributed by atoms with Crippen LogP contribution in [0.5, 0.6) is 0 Å². The lowest BCUT2D eigenvalue weighted by Gasteiger charge is -2.41. The quantitative estimate of drug-likeness (QED) is 0.494. The number of carbonyl (C=O) groups excluding carboxylic acids is 2. The second-order valence-electron chi connectivity index (χ2n) is 11.7. The van der Waals surface area contributed by atoms with Crippen molar-refractivity contribution in [1.29, 1.82) is 0 Å². The Morgan fingerprint density at radius 3 is 2.53 bits per heavy atom. The summed E-state index contributed by atoms with van der Waals surface area (Å²) in [6.45, 7) is 4.76. The topological polar surface area (TPSA) is 61.9 Å². The molecular weight excluding hydrogens is 476 g/mol. The van der Waals surface area contributed by atoms with E-state index in [9.17, 15) is 9.59 Å². The second kappa shape index (κ2) is 9.92. The van der Waals surface area contributed by atoms with Gasteiger partial charge in [-0.15, -0.1) is 0 Å². The van der Waals surface area contributed by atoms with Crippen molar-refractivity contribution in [2.45, 2.75) is 69.9 Å². The molecular formula is C31H38N4O3. The third kappa shape index (κ3) is 4.15. The zero-order valence-electron chi connectivity index (χ0n) is 22.2. The Labute approximate surface area is 224 Å². The molecule has 2 aliphatic heterocycles. The first kappa shape index (κ1) is 24.0. The summed E-state index contributed by atoms with van der Waals surface area (Å²) < 4.78 is 7.81. The van der Waals surface area contributed by atoms with Gasteiger partial charge in [0, 0.05) is 55.9 Å². The smallest absolute Gasteiger partial charge is 0.289 e. The molecule has 7 rings (SSSR count). The van der Waals surface area contributed by atoms with Crippen molar-refractivity contribution < 1.29 is 14.0 Å². The molecule has 1 aromatic carbocycles. The Morgan fingerprint density at radius 2 is 1.74 bits per heavy atom. The Hall–Kier alpha value is -3.06. The van der Waals surface area contributed by atoms with E-state index < -0.39 is 0 Å². The predicted molar refractivity (Wildman–Crippen MR) is 146 cm³/mol. The second-order valence-corrected chi connectivity index (χ2v) is 11.7. The van der Waals surface area contributed by atoms with Gasteiger partial charge in [-0.1, -0.05) is 25.3 Å². The number of hydrogen-bond acceptors (Lipinski definition) is 4. The molecule has 3 aromatic rings. The lowest BCUT2D eigenvalue weighted by Crippen LogP contribution is -2.53. The summed E-state index contributed by atoms with van der Waals surface area (Å²) in [7, 11) is 0. The molecule has 38 heavy (non-hydrogen) atoms. The molecule has 200 valence electrons. The first-order chi connectivity index (χ1) is 18.7. The van der Waals surface area contributed by atoms with Gasteiger partial charge in [-0.25, -0.2) is 0 Å². The fraction of sp³-hybridized carbons (Fsp3) is 0.548. The molecule has 2 aromatic heterocycles. The minimum absolute atomic E-state index is 0.0637. The van der Waals surface area contributed by atoms with E-state index in [4.69, 9.17) is 4.42 Å². The maximum atomic E-state index is 13.6. The minimum atomic E-state index is -0.0637. The van der Waals surface area contributed by atoms with E-state index in [1.165, 1.54) is 66.1 Å². The Bertz CT molecular complexity index is 1330. The summed E-state index contributed by atoms with van der Waals surface area (Å²) in [5, 5.41) is 1.44. The molecule has 1 saturated carbocycles. The SMILES string of the molecule is O=C(c1ccco1)N1CCN(CC(=O)N2CCn3c4c(c5cc(C6CCCCC6)ccc53)CCC[C@H]42)CC1. The highest BCUT2D eigenvalue weighted by atomic mass is 16.3. The molecule has 0 bridgehead atoms. The summed E-state index contributed by atoms with van der Waals surface area (Å²) in [6, 6.07) is 10.9. The van der Waals surface area contributed by atoms with E-state index in [1.807, 2.05) is 4.90 Å². The number of piperazine rings is 1. The maximum Gasteiger partial charge on any atom is 0.289 e. The summed E-state index contributed by atoms with van der Waals surface area (Å²) in [5.41, 5.74) is 5.79. The molecule has 2 fully saturated rings. The van der Waals surface area contributed by atoms with E-state index in [0.717, 1.165) is 32.4 Å². The number of nitrogens with zero attached hydrogens (tertiary/aromatic N) is 4. The van der Waals surface area contributed by atoms with Crippen molar-refractivity contribution in [3.05, 3.63) is 59.2 Å². The van der Waals surface area contributed by atoms with Crippen LogP contribution in [-0.4, -0.2) is 70.3 Å². The number of hydrogen-bond donors (Lipinski definition) is 0. The molecule has 0 unspecified atom stereocenters. The third-order valence-electron chi connectivity index (χ3n) is 9.54. The zero-order chi connectivity index (χ0) is 25.6. The monoisotopic (exact) mass is 514 g/mol. The van der Waals surface area contributed by atoms with Crippen LogP contribution in [0.3, 0.4) is 0 Å². The van der Waals surface area contributed by atoms with E-state index in [0.29, 0.717) is 44.4 Å². The molecule has 7 heteroatoms. The van der Waals surface area contributed by atoms with Gasteiger partial charge in [0.2, 0.25) is 5.91 Å². The first-order valence-electron chi connectivity index (χ1n) is 14.7. The van der Waals surface area contributed by atoms with E-state index in [-0.39, 0.29) is 17.9 Å². The molecule has 1 atom stereocenters. The van der Waals surface area contributed by atoms with E-state index in [1.54, 1.807) is 12.1 Å². The van der Waals surface area contributed by atoms with Crippen molar-refractivity contribution in [2.24, 2.45) is 0 Å². The number of aromatic nitrogens is 1. The molecule has 4 aliphatic rings. The van der Waals surface area contributed by atoms with Crippen LogP contribution in [0.2, 0.25) is 0 Å².